The van der Waals surface area contributed by atoms with Crippen LogP contribution in [-0.2, 0) is 28.7 Å². The van der Waals surface area contributed by atoms with Crippen LogP contribution in [0.1, 0.15) is 40.5 Å². The van der Waals surface area contributed by atoms with Gasteiger partial charge in [0.15, 0.2) is 27.2 Å². The van der Waals surface area contributed by atoms with Crippen molar-refractivity contribution in [2.45, 2.75) is 79.7 Å². The van der Waals surface area contributed by atoms with E-state index in [0.717, 1.165) is 21.6 Å². The quantitative estimate of drug-likeness (QED) is 0.349. The summed E-state index contributed by atoms with van der Waals surface area (Å²) in [7, 11) is 2.14. The van der Waals surface area contributed by atoms with E-state index in [1.54, 1.807) is 20.8 Å². The van der Waals surface area contributed by atoms with E-state index in [1.807, 2.05) is 0 Å². The number of rotatable bonds is 2. The van der Waals surface area contributed by atoms with E-state index in [9.17, 15) is 29.4 Å². The Kier molecular flexibility index (Phi) is 4.13. The van der Waals surface area contributed by atoms with Gasteiger partial charge in [0.05, 0.1) is 24.2 Å². The van der Waals surface area contributed by atoms with Gasteiger partial charge in [0.25, 0.3) is 11.8 Å². The fourth-order valence-corrected chi connectivity index (χ4v) is 9.11. The van der Waals surface area contributed by atoms with Crippen LogP contribution in [0.15, 0.2) is 0 Å². The van der Waals surface area contributed by atoms with Crippen LogP contribution < -0.4 is 5.32 Å². The Morgan fingerprint density at radius 2 is 2.00 bits per heavy atom. The zero-order chi connectivity index (χ0) is 22.8. The number of nitrogens with zero attached hydrogens (tertiary/aromatic N) is 1. The summed E-state index contributed by atoms with van der Waals surface area (Å²) >= 11 is 0. The molecule has 5 heterocycles. The van der Waals surface area contributed by atoms with Crippen LogP contribution in [0, 0.1) is 5.41 Å². The fourth-order valence-electron chi connectivity index (χ4n) is 5.79. The third-order valence-electron chi connectivity index (χ3n) is 7.61. The van der Waals surface area contributed by atoms with Crippen molar-refractivity contribution < 1.29 is 38.9 Å². The van der Waals surface area contributed by atoms with Crippen molar-refractivity contribution in [2.24, 2.45) is 5.41 Å². The van der Waals surface area contributed by atoms with Gasteiger partial charge in [-0.3, -0.25) is 19.2 Å². The number of piperazine rings is 1. The van der Waals surface area contributed by atoms with Crippen LogP contribution in [-0.4, -0.2) is 84.5 Å². The molecule has 0 aromatic rings. The summed E-state index contributed by atoms with van der Waals surface area (Å²) in [5, 5.41) is 24.4. The number of aliphatic hydroxyl groups is 2. The Bertz CT molecular complexity index is 944. The number of ether oxygens (including phenoxy) is 2. The lowest BCUT2D eigenvalue weighted by molar-refractivity contribution is -0.189. The van der Waals surface area contributed by atoms with Gasteiger partial charge in [-0.25, -0.2) is 0 Å². The maximum Gasteiger partial charge on any atom is 0.303 e. The Morgan fingerprint density at radius 1 is 1.32 bits per heavy atom. The van der Waals surface area contributed by atoms with Crippen molar-refractivity contribution in [2.75, 3.05) is 6.61 Å². The lowest BCUT2D eigenvalue weighted by Crippen LogP contribution is -2.77. The number of Topliss-reactive ketones (excluding diaryl/α,β-unsaturated/α-hetero) is 1. The molecule has 6 aliphatic rings. The molecule has 6 rings (SSSR count). The monoisotopic (exact) mass is 472 g/mol. The summed E-state index contributed by atoms with van der Waals surface area (Å²) in [6.07, 6.45) is -2.23. The number of aliphatic hydroxyl groups excluding tert-OH is 1. The lowest BCUT2D eigenvalue weighted by atomic mass is 9.76. The van der Waals surface area contributed by atoms with Gasteiger partial charge in [-0.1, -0.05) is 35.4 Å². The number of fused-ring (bicyclic) bond motifs is 3. The van der Waals surface area contributed by atoms with Crippen LogP contribution in [0.4, 0.5) is 0 Å². The molecule has 10 nitrogen and oxygen atoms in total. The predicted octanol–water partition coefficient (Wildman–Crippen LogP) is -0.684. The molecule has 5 aliphatic heterocycles. The summed E-state index contributed by atoms with van der Waals surface area (Å²) in [5.74, 6) is -2.07. The van der Waals surface area contributed by atoms with Gasteiger partial charge in [0.1, 0.15) is 5.60 Å². The SMILES string of the molecule is CC(=O)O[C@H]1[C@]2(O)C[C@@]34SS[C@@](CO)(NC3=O)C(=O)N4[C@@H]2C[C@]12O[C@H](C)C(C)(C)C2=O. The average Bonchev–Trinajstić information content (AvgIpc) is 3.14. The molecular weight excluding hydrogens is 448 g/mol. The number of hydrogen-bond donors (Lipinski definition) is 3. The van der Waals surface area contributed by atoms with E-state index in [1.165, 1.54) is 11.8 Å². The van der Waals surface area contributed by atoms with E-state index in [4.69, 9.17) is 9.47 Å². The number of carbonyl (C=O) groups excluding carboxylic acids is 4. The Labute approximate surface area is 186 Å². The Hall–Kier alpha value is -1.34. The minimum atomic E-state index is -1.88. The molecule has 0 aromatic carbocycles. The fraction of sp³-hybridized carbons (Fsp3) is 0.789. The van der Waals surface area contributed by atoms with E-state index in [2.05, 4.69) is 5.32 Å². The maximum absolute atomic E-state index is 13.6. The number of ketones is 1. The molecule has 2 amide bonds. The van der Waals surface area contributed by atoms with Crippen LogP contribution in [0.25, 0.3) is 0 Å². The molecule has 12 heteroatoms. The number of esters is 1. The molecule has 0 aromatic heterocycles. The predicted molar refractivity (Wildman–Crippen MR) is 108 cm³/mol. The first-order valence-electron chi connectivity index (χ1n) is 10.1. The molecule has 0 unspecified atom stereocenters. The first kappa shape index (κ1) is 21.5. The van der Waals surface area contributed by atoms with Crippen molar-refractivity contribution >= 4 is 45.2 Å². The van der Waals surface area contributed by atoms with Crippen LogP contribution in [0.3, 0.4) is 0 Å². The molecule has 3 N–H and O–H groups in total. The van der Waals surface area contributed by atoms with E-state index in [0.29, 0.717) is 0 Å². The summed E-state index contributed by atoms with van der Waals surface area (Å²) in [6.45, 7) is 5.76. The molecule has 2 bridgehead atoms. The first-order valence-corrected chi connectivity index (χ1v) is 12.2. The van der Waals surface area contributed by atoms with Gasteiger partial charge < -0.3 is 29.9 Å². The summed E-state index contributed by atoms with van der Waals surface area (Å²) in [5.41, 5.74) is -4.41. The summed E-state index contributed by atoms with van der Waals surface area (Å²) < 4.78 is 11.7. The van der Waals surface area contributed by atoms with Crippen molar-refractivity contribution in [1.29, 1.82) is 0 Å². The standard InChI is InChI=1S/C19H24N2O8S2/c1-8-15(3,4)11(24)17(29-8)5-10-16(27,12(17)28-9(2)23)6-19-13(25)20-18(7-22,30-31-19)14(26)21(10)19/h8,10,12,22,27H,5-7H2,1-4H3,(H,20,25)/t8-,10-,12+,16+,17-,18-,19-/m1/s1. The summed E-state index contributed by atoms with van der Waals surface area (Å²) in [6, 6.07) is -1.00. The number of amides is 2. The molecule has 5 saturated heterocycles. The molecule has 0 radical (unpaired) electrons. The molecule has 6 fully saturated rings. The highest BCUT2D eigenvalue weighted by atomic mass is 33.1. The topological polar surface area (TPSA) is 142 Å². The smallest absolute Gasteiger partial charge is 0.303 e. The minimum Gasteiger partial charge on any atom is -0.456 e. The van der Waals surface area contributed by atoms with Gasteiger partial charge in [0, 0.05) is 19.8 Å². The van der Waals surface area contributed by atoms with Crippen LogP contribution >= 0.6 is 21.6 Å². The normalized spacial score (nSPS) is 49.4. The van der Waals surface area contributed by atoms with Gasteiger partial charge in [-0.2, -0.15) is 0 Å². The van der Waals surface area contributed by atoms with Crippen molar-refractivity contribution in [3.8, 4) is 0 Å². The molecule has 1 saturated carbocycles. The highest BCUT2D eigenvalue weighted by Gasteiger charge is 2.83. The lowest BCUT2D eigenvalue weighted by Gasteiger charge is -2.54. The molecule has 170 valence electrons. The third kappa shape index (κ3) is 2.23. The number of carbonyl (C=O) groups is 4. The van der Waals surface area contributed by atoms with Gasteiger partial charge >= 0.3 is 5.97 Å². The van der Waals surface area contributed by atoms with Crippen LogP contribution in [0.5, 0.6) is 0 Å². The van der Waals surface area contributed by atoms with E-state index in [-0.39, 0.29) is 18.6 Å². The van der Waals surface area contributed by atoms with E-state index >= 15 is 0 Å². The molecule has 31 heavy (non-hydrogen) atoms. The summed E-state index contributed by atoms with van der Waals surface area (Å²) in [4.78, 5) is 50.3. The largest absolute Gasteiger partial charge is 0.456 e. The van der Waals surface area contributed by atoms with Gasteiger partial charge in [-0.05, 0) is 6.92 Å². The van der Waals surface area contributed by atoms with Crippen molar-refractivity contribution in [1.82, 2.24) is 10.2 Å². The second-order valence-electron chi connectivity index (χ2n) is 9.64. The molecule has 2 spiro atoms. The van der Waals surface area contributed by atoms with Crippen molar-refractivity contribution in [3.63, 3.8) is 0 Å². The second kappa shape index (κ2) is 5.96. The van der Waals surface area contributed by atoms with Gasteiger partial charge in [-0.15, -0.1) is 0 Å². The van der Waals surface area contributed by atoms with E-state index < -0.39 is 69.0 Å². The number of nitrogens with one attached hydrogen (secondary N) is 1. The Morgan fingerprint density at radius 3 is 2.52 bits per heavy atom. The zero-order valence-corrected chi connectivity index (χ0v) is 19.1. The third-order valence-corrected chi connectivity index (χ3v) is 11.1. The zero-order valence-electron chi connectivity index (χ0n) is 17.5. The average molecular weight is 473 g/mol. The second-order valence-corrected chi connectivity index (χ2v) is 12.3. The maximum atomic E-state index is 13.6. The molecule has 1 aliphatic carbocycles. The minimum absolute atomic E-state index is 0.110. The first-order chi connectivity index (χ1) is 14.3. The van der Waals surface area contributed by atoms with Crippen LogP contribution in [0.2, 0.25) is 0 Å². The highest BCUT2D eigenvalue weighted by molar-refractivity contribution is 8.78. The Balaban J connectivity index is 1.66. The highest BCUT2D eigenvalue weighted by Crippen LogP contribution is 2.67. The van der Waals surface area contributed by atoms with Gasteiger partial charge in [0.2, 0.25) is 0 Å². The molecule has 7 atom stereocenters. The van der Waals surface area contributed by atoms with Crippen molar-refractivity contribution in [3.05, 3.63) is 0 Å². The number of hydrogen-bond acceptors (Lipinski definition) is 10. The molecular formula is C19H24N2O8S2.